The van der Waals surface area contributed by atoms with Crippen LogP contribution >= 0.6 is 0 Å². The number of rotatable bonds is 2. The van der Waals surface area contributed by atoms with Gasteiger partial charge in [-0.2, -0.15) is 0 Å². The van der Waals surface area contributed by atoms with E-state index in [2.05, 4.69) is 5.11 Å². The molecule has 0 aliphatic carbocycles. The van der Waals surface area contributed by atoms with Crippen molar-refractivity contribution in [2.75, 3.05) is 0 Å². The minimum absolute atomic E-state index is 0.157. The summed E-state index contributed by atoms with van der Waals surface area (Å²) < 4.78 is 0. The highest BCUT2D eigenvalue weighted by molar-refractivity contribution is 5.84. The molecular formula is C6H13N3. The third kappa shape index (κ3) is 1.91. The molecule has 0 amide bonds. The van der Waals surface area contributed by atoms with Crippen molar-refractivity contribution in [3.05, 3.63) is 0 Å². The van der Waals surface area contributed by atoms with Crippen molar-refractivity contribution in [3.8, 4) is 0 Å². The van der Waals surface area contributed by atoms with Gasteiger partial charge >= 0.3 is 0 Å². The smallest absolute Gasteiger partial charge is 0.148 e. The maximum absolute atomic E-state index is 7.19. The van der Waals surface area contributed by atoms with Gasteiger partial charge < -0.3 is 0 Å². The second-order valence-electron chi connectivity index (χ2n) is 2.70. The van der Waals surface area contributed by atoms with E-state index in [0.717, 1.165) is 6.42 Å². The molecular weight excluding hydrogens is 114 g/mol. The van der Waals surface area contributed by atoms with Gasteiger partial charge in [0.2, 0.25) is 0 Å². The fourth-order valence-electron chi connectivity index (χ4n) is 0.319. The van der Waals surface area contributed by atoms with Crippen LogP contribution in [-0.4, -0.2) is 5.84 Å². The summed E-state index contributed by atoms with van der Waals surface area (Å²) in [6.07, 6.45) is 0.855. The summed E-state index contributed by atoms with van der Waals surface area (Å²) in [5.74, 6) is 0.157. The molecule has 0 spiro atoms. The minimum atomic E-state index is -0.220. The molecule has 3 heteroatoms. The average molecular weight is 127 g/mol. The maximum atomic E-state index is 7.19. The first kappa shape index (κ1) is 8.27. The van der Waals surface area contributed by atoms with Crippen molar-refractivity contribution < 1.29 is 0 Å². The van der Waals surface area contributed by atoms with Crippen LogP contribution in [0.15, 0.2) is 5.11 Å². The molecule has 0 rings (SSSR count). The zero-order valence-electron chi connectivity index (χ0n) is 6.15. The lowest BCUT2D eigenvalue weighted by Crippen LogP contribution is -2.19. The summed E-state index contributed by atoms with van der Waals surface area (Å²) in [6.45, 7) is 5.81. The van der Waals surface area contributed by atoms with Gasteiger partial charge in [-0.1, -0.05) is 20.8 Å². The van der Waals surface area contributed by atoms with Crippen LogP contribution in [0, 0.1) is 16.4 Å². The van der Waals surface area contributed by atoms with Crippen molar-refractivity contribution in [3.63, 3.8) is 0 Å². The number of hydrogen-bond acceptors (Lipinski definition) is 2. The molecule has 0 aromatic carbocycles. The Balaban J connectivity index is 4.13. The predicted octanol–water partition coefficient (Wildman–Crippen LogP) is 2.43. The Morgan fingerprint density at radius 2 is 2.00 bits per heavy atom. The van der Waals surface area contributed by atoms with Gasteiger partial charge in [0.15, 0.2) is 0 Å². The molecule has 52 valence electrons. The summed E-state index contributed by atoms with van der Waals surface area (Å²) in [4.78, 5) is 0. The molecule has 0 saturated carbocycles. The second kappa shape index (κ2) is 2.71. The van der Waals surface area contributed by atoms with Crippen LogP contribution in [0.4, 0.5) is 0 Å². The van der Waals surface area contributed by atoms with E-state index in [-0.39, 0.29) is 11.3 Å². The monoisotopic (exact) mass is 127 g/mol. The van der Waals surface area contributed by atoms with E-state index in [1.54, 1.807) is 0 Å². The highest BCUT2D eigenvalue weighted by Crippen LogP contribution is 2.21. The van der Waals surface area contributed by atoms with E-state index < -0.39 is 0 Å². The topological polar surface area (TPSA) is 60.1 Å². The van der Waals surface area contributed by atoms with Crippen molar-refractivity contribution in [2.45, 2.75) is 27.2 Å². The molecule has 0 aromatic rings. The van der Waals surface area contributed by atoms with E-state index >= 15 is 0 Å². The average Bonchev–Trinajstić information content (AvgIpc) is 1.86. The van der Waals surface area contributed by atoms with E-state index in [1.807, 2.05) is 20.8 Å². The molecule has 0 aliphatic rings. The highest BCUT2D eigenvalue weighted by atomic mass is 15.0. The highest BCUT2D eigenvalue weighted by Gasteiger charge is 2.20. The van der Waals surface area contributed by atoms with Crippen LogP contribution in [-0.2, 0) is 0 Å². The molecule has 0 saturated heterocycles. The first-order valence-corrected chi connectivity index (χ1v) is 3.01. The molecule has 0 atom stereocenters. The van der Waals surface area contributed by atoms with Crippen molar-refractivity contribution in [2.24, 2.45) is 10.5 Å². The summed E-state index contributed by atoms with van der Waals surface area (Å²) in [6, 6.07) is 0. The van der Waals surface area contributed by atoms with Gasteiger partial charge in [-0.25, -0.2) is 5.53 Å². The lowest BCUT2D eigenvalue weighted by atomic mass is 9.89. The standard InChI is InChI=1S/C6H13N3/c1-4-6(2,3)5(7)9-8/h7-8H,4H2,1-3H3. The quantitative estimate of drug-likeness (QED) is 0.325. The van der Waals surface area contributed by atoms with E-state index in [0.29, 0.717) is 0 Å². The SMILES string of the molecule is CCC(C)(C)C(=N)N=N. The van der Waals surface area contributed by atoms with Crippen LogP contribution < -0.4 is 0 Å². The Morgan fingerprint density at radius 3 is 2.11 bits per heavy atom. The van der Waals surface area contributed by atoms with Crippen LogP contribution in [0.2, 0.25) is 0 Å². The van der Waals surface area contributed by atoms with Gasteiger partial charge in [0.25, 0.3) is 0 Å². The number of nitrogens with zero attached hydrogens (tertiary/aromatic N) is 1. The van der Waals surface area contributed by atoms with E-state index in [9.17, 15) is 0 Å². The lowest BCUT2D eigenvalue weighted by Gasteiger charge is -2.18. The number of amidine groups is 1. The normalized spacial score (nSPS) is 11.0. The zero-order chi connectivity index (χ0) is 7.49. The maximum Gasteiger partial charge on any atom is 0.148 e. The predicted molar refractivity (Wildman–Crippen MR) is 36.9 cm³/mol. The van der Waals surface area contributed by atoms with Crippen LogP contribution in [0.1, 0.15) is 27.2 Å². The lowest BCUT2D eigenvalue weighted by molar-refractivity contribution is 0.492. The largest absolute Gasteiger partial charge is 0.285 e. The van der Waals surface area contributed by atoms with Crippen molar-refractivity contribution in [1.82, 2.24) is 0 Å². The first-order valence-electron chi connectivity index (χ1n) is 3.01. The Labute approximate surface area is 55.5 Å². The summed E-state index contributed by atoms with van der Waals surface area (Å²) in [5, 5.41) is 10.3. The molecule has 3 nitrogen and oxygen atoms in total. The van der Waals surface area contributed by atoms with Crippen LogP contribution in [0.5, 0.6) is 0 Å². The molecule has 0 aliphatic heterocycles. The van der Waals surface area contributed by atoms with Gasteiger partial charge in [-0.15, -0.1) is 5.11 Å². The van der Waals surface area contributed by atoms with Gasteiger partial charge in [0.1, 0.15) is 5.84 Å². The third-order valence-corrected chi connectivity index (χ3v) is 1.64. The number of nitrogens with one attached hydrogen (secondary N) is 2. The molecule has 9 heavy (non-hydrogen) atoms. The summed E-state index contributed by atoms with van der Waals surface area (Å²) in [7, 11) is 0. The van der Waals surface area contributed by atoms with Crippen LogP contribution in [0.25, 0.3) is 0 Å². The molecule has 0 unspecified atom stereocenters. The van der Waals surface area contributed by atoms with Crippen molar-refractivity contribution >= 4 is 5.84 Å². The second-order valence-corrected chi connectivity index (χ2v) is 2.70. The minimum Gasteiger partial charge on any atom is -0.285 e. The Kier molecular flexibility index (Phi) is 2.49. The summed E-state index contributed by atoms with van der Waals surface area (Å²) >= 11 is 0. The zero-order valence-corrected chi connectivity index (χ0v) is 6.15. The molecule has 0 radical (unpaired) electrons. The Hall–Kier alpha value is -0.730. The fourth-order valence-corrected chi connectivity index (χ4v) is 0.319. The Morgan fingerprint density at radius 1 is 1.56 bits per heavy atom. The van der Waals surface area contributed by atoms with Gasteiger partial charge in [-0.05, 0) is 6.42 Å². The van der Waals surface area contributed by atoms with E-state index in [4.69, 9.17) is 10.9 Å². The fraction of sp³-hybridized carbons (Fsp3) is 0.833. The first-order chi connectivity index (χ1) is 4.04. The van der Waals surface area contributed by atoms with Crippen LogP contribution in [0.3, 0.4) is 0 Å². The third-order valence-electron chi connectivity index (χ3n) is 1.64. The molecule has 0 fully saturated rings. The van der Waals surface area contributed by atoms with Gasteiger partial charge in [-0.3, -0.25) is 5.41 Å². The van der Waals surface area contributed by atoms with Gasteiger partial charge in [0.05, 0.1) is 0 Å². The van der Waals surface area contributed by atoms with E-state index in [1.165, 1.54) is 0 Å². The van der Waals surface area contributed by atoms with Crippen molar-refractivity contribution in [1.29, 1.82) is 10.9 Å². The van der Waals surface area contributed by atoms with Gasteiger partial charge in [0, 0.05) is 5.41 Å². The molecule has 0 aromatic heterocycles. The summed E-state index contributed by atoms with van der Waals surface area (Å²) in [5.41, 5.74) is 6.35. The molecule has 0 bridgehead atoms. The molecule has 0 heterocycles. The number of hydrogen-bond donors (Lipinski definition) is 2. The molecule has 2 N–H and O–H groups in total. The Bertz CT molecular complexity index is 126.